The zero-order valence-corrected chi connectivity index (χ0v) is 42.5. The Balaban J connectivity index is 0.000000153. The first-order valence-corrected chi connectivity index (χ1v) is 24.5. The summed E-state index contributed by atoms with van der Waals surface area (Å²) in [6.45, 7) is 1.59. The third-order valence-electron chi connectivity index (χ3n) is 11.6. The number of hydrogen-bond donors (Lipinski definition) is 6. The number of non-ortho nitro benzene ring substituents is 1. The quantitative estimate of drug-likeness (QED) is 0.0388. The van der Waals surface area contributed by atoms with Gasteiger partial charge >= 0.3 is 0 Å². The molecule has 0 saturated carbocycles. The van der Waals surface area contributed by atoms with E-state index >= 15 is 0 Å². The number of aromatic nitrogens is 6. The molecule has 3 aromatic heterocycles. The molecule has 3 amide bonds. The number of hydrogen-bond acceptors (Lipinski definition) is 14. The Morgan fingerprint density at radius 3 is 1.56 bits per heavy atom. The molecule has 0 aliphatic heterocycles. The molecule has 9 N–H and O–H groups in total. The van der Waals surface area contributed by atoms with E-state index in [1.54, 1.807) is 91.4 Å². The number of nitro benzene ring substituents is 1. The van der Waals surface area contributed by atoms with Crippen LogP contribution in [0.3, 0.4) is 0 Å². The SMILES string of the molecule is NC(=O)c1ccc(-c2ccnc(NCc3ccc(Br)cc3)n2)cc1.NC(=O)c1ccc(-c2ccnc(NCc3cccc([N+](=O)[O-])c3)n2)cc1.NC(=O)c1ccccc1-c1ccnc(NCc2cccc3ccccc23)n1. The number of halogens is 1. The number of benzene rings is 7. The lowest BCUT2D eigenvalue weighted by Gasteiger charge is -2.10. The highest BCUT2D eigenvalue weighted by atomic mass is 79.9. The first kappa shape index (κ1) is 53.0. The molecule has 10 aromatic rings. The van der Waals surface area contributed by atoms with Gasteiger partial charge in [0.05, 0.1) is 22.0 Å². The lowest BCUT2D eigenvalue weighted by molar-refractivity contribution is -0.384. The van der Waals surface area contributed by atoms with Crippen molar-refractivity contribution in [1.29, 1.82) is 0 Å². The van der Waals surface area contributed by atoms with Gasteiger partial charge in [0.1, 0.15) is 0 Å². The van der Waals surface area contributed by atoms with Crippen LogP contribution >= 0.6 is 15.9 Å². The molecule has 7 aromatic carbocycles. The first-order chi connectivity index (χ1) is 37.4. The maximum absolute atomic E-state index is 11.7. The van der Waals surface area contributed by atoms with Gasteiger partial charge in [-0.2, -0.15) is 0 Å². The van der Waals surface area contributed by atoms with Crippen molar-refractivity contribution in [2.24, 2.45) is 17.2 Å². The summed E-state index contributed by atoms with van der Waals surface area (Å²) in [5, 5.41) is 22.7. The van der Waals surface area contributed by atoms with E-state index in [-0.39, 0.29) is 5.69 Å². The van der Waals surface area contributed by atoms with Crippen molar-refractivity contribution in [2.75, 3.05) is 16.0 Å². The predicted molar refractivity (Wildman–Crippen MR) is 301 cm³/mol. The van der Waals surface area contributed by atoms with Crippen molar-refractivity contribution in [3.8, 4) is 33.8 Å². The fourth-order valence-corrected chi connectivity index (χ4v) is 7.96. The third kappa shape index (κ3) is 14.7. The van der Waals surface area contributed by atoms with Crippen LogP contribution in [0.5, 0.6) is 0 Å². The van der Waals surface area contributed by atoms with E-state index in [0.717, 1.165) is 32.4 Å². The van der Waals surface area contributed by atoms with Crippen LogP contribution < -0.4 is 33.2 Å². The number of primary amides is 3. The van der Waals surface area contributed by atoms with Gasteiger partial charge < -0.3 is 33.2 Å². The molecule has 0 fully saturated rings. The number of nitrogens with one attached hydrogen (secondary N) is 3. The van der Waals surface area contributed by atoms with Crippen molar-refractivity contribution < 1.29 is 19.3 Å². The van der Waals surface area contributed by atoms with Crippen molar-refractivity contribution in [3.05, 3.63) is 249 Å². The summed E-state index contributed by atoms with van der Waals surface area (Å²) in [5.74, 6) is 0.0382. The molecule has 0 unspecified atom stereocenters. The number of nitrogens with two attached hydrogens (primary N) is 3. The molecule has 77 heavy (non-hydrogen) atoms. The number of carbonyl (C=O) groups excluding carboxylic acids is 3. The highest BCUT2D eigenvalue weighted by molar-refractivity contribution is 9.10. The molecule has 0 aliphatic rings. The van der Waals surface area contributed by atoms with Gasteiger partial charge in [0.15, 0.2) is 0 Å². The Morgan fingerprint density at radius 2 is 0.987 bits per heavy atom. The number of nitrogens with zero attached hydrogens (tertiary/aromatic N) is 7. The lowest BCUT2D eigenvalue weighted by atomic mass is 10.0. The molecule has 10 rings (SSSR count). The van der Waals surface area contributed by atoms with E-state index in [4.69, 9.17) is 17.2 Å². The van der Waals surface area contributed by atoms with Crippen LogP contribution in [0.15, 0.2) is 205 Å². The Morgan fingerprint density at radius 1 is 0.494 bits per heavy atom. The van der Waals surface area contributed by atoms with Gasteiger partial charge in [-0.25, -0.2) is 29.9 Å². The van der Waals surface area contributed by atoms with Crippen LogP contribution in [-0.2, 0) is 19.6 Å². The molecule has 0 atom stereocenters. The second-order valence-electron chi connectivity index (χ2n) is 16.8. The van der Waals surface area contributed by atoms with Gasteiger partial charge in [0.2, 0.25) is 35.6 Å². The summed E-state index contributed by atoms with van der Waals surface area (Å²) in [4.78, 5) is 70.5. The van der Waals surface area contributed by atoms with Crippen molar-refractivity contribution in [1.82, 2.24) is 29.9 Å². The maximum Gasteiger partial charge on any atom is 0.269 e. The summed E-state index contributed by atoms with van der Waals surface area (Å²) in [7, 11) is 0. The van der Waals surface area contributed by atoms with Crippen LogP contribution in [0, 0.1) is 10.1 Å². The Hall–Kier alpha value is -10.3. The molecule has 0 bridgehead atoms. The third-order valence-corrected chi connectivity index (χ3v) is 12.1. The summed E-state index contributed by atoms with van der Waals surface area (Å²) in [5.41, 5.74) is 24.9. The van der Waals surface area contributed by atoms with Gasteiger partial charge in [-0.3, -0.25) is 24.5 Å². The van der Waals surface area contributed by atoms with Crippen LogP contribution in [0.25, 0.3) is 44.5 Å². The average molecular weight is 1090 g/mol. The van der Waals surface area contributed by atoms with E-state index in [1.807, 2.05) is 72.8 Å². The van der Waals surface area contributed by atoms with Crippen LogP contribution in [0.1, 0.15) is 47.8 Å². The highest BCUT2D eigenvalue weighted by Crippen LogP contribution is 2.25. The molecule has 3 heterocycles. The fraction of sp³-hybridized carbons (Fsp3) is 0.0517. The molecule has 0 saturated heterocycles. The van der Waals surface area contributed by atoms with E-state index in [9.17, 15) is 24.5 Å². The molecule has 0 radical (unpaired) electrons. The van der Waals surface area contributed by atoms with Gasteiger partial charge in [-0.1, -0.05) is 125 Å². The normalized spacial score (nSPS) is 10.5. The molecule has 18 nitrogen and oxygen atoms in total. The van der Waals surface area contributed by atoms with Crippen LogP contribution in [-0.4, -0.2) is 52.5 Å². The van der Waals surface area contributed by atoms with Crippen LogP contribution in [0.4, 0.5) is 23.5 Å². The van der Waals surface area contributed by atoms with Crippen molar-refractivity contribution in [2.45, 2.75) is 19.6 Å². The van der Waals surface area contributed by atoms with Gasteiger partial charge in [-0.05, 0) is 88.1 Å². The Kier molecular flexibility index (Phi) is 17.6. The molecule has 19 heteroatoms. The first-order valence-electron chi connectivity index (χ1n) is 23.7. The van der Waals surface area contributed by atoms with E-state index in [1.165, 1.54) is 28.5 Å². The average Bonchev–Trinajstić information content (AvgIpc) is 3.46. The van der Waals surface area contributed by atoms with Gasteiger partial charge in [0, 0.05) is 88.2 Å². The second kappa shape index (κ2) is 25.6. The van der Waals surface area contributed by atoms with Crippen LogP contribution in [0.2, 0.25) is 0 Å². The molecule has 0 spiro atoms. The Labute approximate surface area is 450 Å². The van der Waals surface area contributed by atoms with Gasteiger partial charge in [0.25, 0.3) is 5.69 Å². The second-order valence-corrected chi connectivity index (χ2v) is 17.8. The number of carbonyl (C=O) groups is 3. The standard InChI is InChI=1S/C22H18N4O.C18H15BrN4O.C18H15N5O3/c23-21(27)19-11-4-3-10-18(19)20-12-13-24-22(26-20)25-14-16-8-5-7-15-6-1-2-9-17(15)16;19-15-7-1-12(2-8-15)11-22-18-21-10-9-16(23-18)13-3-5-14(6-4-13)17(20)24;19-17(24)14-6-4-13(5-7-14)16-8-9-20-18(22-16)21-11-12-2-1-3-15(10-12)23(25)26/h1-13H,14H2,(H2,23,27)(H,24,25,26);1-10H,11H2,(H2,20,24)(H,21,22,23);1-10H,11H2,(H2,19,24)(H,20,21,22). The zero-order valence-electron chi connectivity index (χ0n) is 41.0. The van der Waals surface area contributed by atoms with E-state index < -0.39 is 22.6 Å². The highest BCUT2D eigenvalue weighted by Gasteiger charge is 2.13. The summed E-state index contributed by atoms with van der Waals surface area (Å²) in [6.07, 6.45) is 4.99. The number of nitro groups is 1. The monoisotopic (exact) mass is 1090 g/mol. The Bertz CT molecular complexity index is 3690. The minimum absolute atomic E-state index is 0.0357. The zero-order chi connectivity index (χ0) is 54.1. The number of amides is 3. The predicted octanol–water partition coefficient (Wildman–Crippen LogP) is 10.4. The summed E-state index contributed by atoms with van der Waals surface area (Å²) < 4.78 is 1.05. The lowest BCUT2D eigenvalue weighted by Crippen LogP contribution is -2.12. The smallest absolute Gasteiger partial charge is 0.269 e. The summed E-state index contributed by atoms with van der Waals surface area (Å²) in [6, 6.07) is 55.2. The minimum Gasteiger partial charge on any atom is -0.366 e. The van der Waals surface area contributed by atoms with E-state index in [2.05, 4.69) is 86.0 Å². The van der Waals surface area contributed by atoms with Crippen molar-refractivity contribution in [3.63, 3.8) is 0 Å². The van der Waals surface area contributed by atoms with Gasteiger partial charge in [-0.15, -0.1) is 0 Å². The number of rotatable bonds is 16. The summed E-state index contributed by atoms with van der Waals surface area (Å²) >= 11 is 3.42. The molecular formula is C58H48BrN13O5. The number of fused-ring (bicyclic) bond motifs is 1. The molecule has 0 aliphatic carbocycles. The van der Waals surface area contributed by atoms with Crippen molar-refractivity contribution >= 4 is 68.0 Å². The fourth-order valence-electron chi connectivity index (χ4n) is 7.70. The molecule has 382 valence electrons. The molecular weight excluding hydrogens is 1040 g/mol. The topological polar surface area (TPSA) is 286 Å². The maximum atomic E-state index is 11.7. The largest absolute Gasteiger partial charge is 0.366 e. The minimum atomic E-state index is -0.487. The van der Waals surface area contributed by atoms with E-state index in [0.29, 0.717) is 71.1 Å². The number of anilines is 3.